The summed E-state index contributed by atoms with van der Waals surface area (Å²) in [5.74, 6) is -1.22. The average molecular weight is 533 g/mol. The van der Waals surface area contributed by atoms with Gasteiger partial charge in [-0.25, -0.2) is 19.2 Å². The van der Waals surface area contributed by atoms with E-state index in [0.29, 0.717) is 28.4 Å². The number of benzene rings is 3. The molecule has 0 fully saturated rings. The van der Waals surface area contributed by atoms with Crippen molar-refractivity contribution >= 4 is 23.9 Å². The molecule has 0 saturated heterocycles. The maximum atomic E-state index is 12.4. The van der Waals surface area contributed by atoms with Gasteiger partial charge in [-0.1, -0.05) is 25.3 Å². The van der Waals surface area contributed by atoms with E-state index in [2.05, 4.69) is 13.2 Å². The van der Waals surface area contributed by atoms with Crippen LogP contribution in [0.1, 0.15) is 26.3 Å². The molecule has 0 aliphatic rings. The van der Waals surface area contributed by atoms with E-state index in [4.69, 9.17) is 28.4 Å². The zero-order chi connectivity index (χ0) is 28.0. The number of esters is 4. The zero-order valence-electron chi connectivity index (χ0n) is 20.7. The molecule has 0 atom stereocenters. The van der Waals surface area contributed by atoms with Crippen molar-refractivity contribution < 1.29 is 47.6 Å². The Kier molecular flexibility index (Phi) is 10.4. The zero-order valence-corrected chi connectivity index (χ0v) is 20.7. The van der Waals surface area contributed by atoms with Crippen LogP contribution < -0.4 is 14.2 Å². The standard InChI is InChI=1S/C29H24O10/c1-3-26(30)37-18-35-23-13-7-21(8-14-23)28(32)34-17-20-5-11-25(12-6-20)39-29(33)22-9-15-24(16-10-22)36-19-38-27(31)4-2/h3-16H,1-2,17-19H2. The van der Waals surface area contributed by atoms with E-state index in [-0.39, 0.29) is 25.8 Å². The Morgan fingerprint density at radius 3 is 1.46 bits per heavy atom. The van der Waals surface area contributed by atoms with Gasteiger partial charge in [-0.05, 0) is 66.2 Å². The van der Waals surface area contributed by atoms with Crippen molar-refractivity contribution in [3.8, 4) is 17.2 Å². The Hall–Kier alpha value is -5.38. The van der Waals surface area contributed by atoms with Gasteiger partial charge in [0, 0.05) is 12.2 Å². The average Bonchev–Trinajstić information content (AvgIpc) is 2.97. The topological polar surface area (TPSA) is 124 Å². The summed E-state index contributed by atoms with van der Waals surface area (Å²) in [5.41, 5.74) is 1.29. The van der Waals surface area contributed by atoms with Crippen molar-refractivity contribution in [3.05, 3.63) is 115 Å². The number of hydrogen-bond donors (Lipinski definition) is 0. The van der Waals surface area contributed by atoms with Crippen LogP contribution in [0.3, 0.4) is 0 Å². The number of rotatable bonds is 13. The van der Waals surface area contributed by atoms with Crippen molar-refractivity contribution in [2.75, 3.05) is 13.6 Å². The molecule has 39 heavy (non-hydrogen) atoms. The van der Waals surface area contributed by atoms with Crippen molar-refractivity contribution in [2.24, 2.45) is 0 Å². The first kappa shape index (κ1) is 28.2. The molecule has 0 amide bonds. The molecule has 0 N–H and O–H groups in total. The van der Waals surface area contributed by atoms with E-state index in [1.165, 1.54) is 36.4 Å². The number of carbonyl (C=O) groups is 4. The van der Waals surface area contributed by atoms with Crippen LogP contribution in [-0.4, -0.2) is 37.5 Å². The fourth-order valence-electron chi connectivity index (χ4n) is 2.86. The minimum atomic E-state index is -0.608. The van der Waals surface area contributed by atoms with Crippen LogP contribution in [0, 0.1) is 0 Å². The molecule has 200 valence electrons. The highest BCUT2D eigenvalue weighted by Gasteiger charge is 2.11. The van der Waals surface area contributed by atoms with Gasteiger partial charge >= 0.3 is 23.9 Å². The van der Waals surface area contributed by atoms with E-state index in [9.17, 15) is 19.2 Å². The van der Waals surface area contributed by atoms with Gasteiger partial charge in [0.1, 0.15) is 23.9 Å². The highest BCUT2D eigenvalue weighted by molar-refractivity contribution is 5.91. The van der Waals surface area contributed by atoms with Gasteiger partial charge in [0.2, 0.25) is 13.6 Å². The molecule has 0 unspecified atom stereocenters. The Labute approximate surface area is 224 Å². The minimum Gasteiger partial charge on any atom is -0.457 e. The first-order valence-corrected chi connectivity index (χ1v) is 11.4. The van der Waals surface area contributed by atoms with Gasteiger partial charge in [0.05, 0.1) is 11.1 Å². The van der Waals surface area contributed by atoms with Crippen LogP contribution in [0.4, 0.5) is 0 Å². The lowest BCUT2D eigenvalue weighted by molar-refractivity contribution is -0.145. The van der Waals surface area contributed by atoms with Crippen LogP contribution in [0.15, 0.2) is 98.1 Å². The van der Waals surface area contributed by atoms with E-state index in [0.717, 1.165) is 12.2 Å². The predicted molar refractivity (Wildman–Crippen MR) is 137 cm³/mol. The van der Waals surface area contributed by atoms with Crippen LogP contribution in [0.25, 0.3) is 0 Å². The van der Waals surface area contributed by atoms with Gasteiger partial charge in [-0.15, -0.1) is 0 Å². The lowest BCUT2D eigenvalue weighted by Gasteiger charge is -2.09. The molecule has 3 rings (SSSR count). The molecule has 0 saturated carbocycles. The van der Waals surface area contributed by atoms with E-state index >= 15 is 0 Å². The Morgan fingerprint density at radius 1 is 0.564 bits per heavy atom. The SMILES string of the molecule is C=CC(=O)OCOc1ccc(C(=O)OCc2ccc(OC(=O)c3ccc(OCOC(=O)C=C)cc3)cc2)cc1. The maximum Gasteiger partial charge on any atom is 0.343 e. The highest BCUT2D eigenvalue weighted by Crippen LogP contribution is 2.18. The van der Waals surface area contributed by atoms with Crippen LogP contribution in [0.2, 0.25) is 0 Å². The predicted octanol–water partition coefficient (Wildman–Crippen LogP) is 4.39. The Bertz CT molecular complexity index is 1310. The summed E-state index contributed by atoms with van der Waals surface area (Å²) in [6, 6.07) is 18.7. The smallest absolute Gasteiger partial charge is 0.343 e. The number of carbonyl (C=O) groups excluding carboxylic acids is 4. The summed E-state index contributed by atoms with van der Waals surface area (Å²) in [6.45, 7) is 6.01. The third kappa shape index (κ3) is 9.21. The molecule has 0 heterocycles. The molecular weight excluding hydrogens is 508 g/mol. The van der Waals surface area contributed by atoms with E-state index < -0.39 is 23.9 Å². The summed E-state index contributed by atoms with van der Waals surface area (Å²) in [5, 5.41) is 0. The molecule has 0 aliphatic carbocycles. The van der Waals surface area contributed by atoms with Crippen LogP contribution in [-0.2, 0) is 30.4 Å². The maximum absolute atomic E-state index is 12.4. The summed E-state index contributed by atoms with van der Waals surface area (Å²) >= 11 is 0. The van der Waals surface area contributed by atoms with Gasteiger partial charge < -0.3 is 28.4 Å². The third-order valence-electron chi connectivity index (χ3n) is 4.87. The fraction of sp³-hybridized carbons (Fsp3) is 0.103. The molecule has 10 heteroatoms. The first-order valence-electron chi connectivity index (χ1n) is 11.4. The monoisotopic (exact) mass is 532 g/mol. The molecule has 0 spiro atoms. The van der Waals surface area contributed by atoms with E-state index in [1.807, 2.05) is 0 Å². The molecule has 3 aromatic rings. The van der Waals surface area contributed by atoms with Crippen molar-refractivity contribution in [1.29, 1.82) is 0 Å². The molecule has 10 nitrogen and oxygen atoms in total. The number of ether oxygens (including phenoxy) is 6. The molecule has 0 bridgehead atoms. The second-order valence-corrected chi connectivity index (χ2v) is 7.52. The van der Waals surface area contributed by atoms with Gasteiger partial charge in [0.15, 0.2) is 0 Å². The summed E-state index contributed by atoms with van der Waals surface area (Å²) in [7, 11) is 0. The van der Waals surface area contributed by atoms with Gasteiger partial charge in [-0.3, -0.25) is 0 Å². The van der Waals surface area contributed by atoms with E-state index in [1.54, 1.807) is 36.4 Å². The summed E-state index contributed by atoms with van der Waals surface area (Å²) < 4.78 is 30.6. The second kappa shape index (κ2) is 14.4. The fourth-order valence-corrected chi connectivity index (χ4v) is 2.86. The Morgan fingerprint density at radius 2 is 1.00 bits per heavy atom. The van der Waals surface area contributed by atoms with Gasteiger partial charge in [0.25, 0.3) is 0 Å². The van der Waals surface area contributed by atoms with Crippen LogP contribution >= 0.6 is 0 Å². The molecule has 0 radical (unpaired) electrons. The lowest BCUT2D eigenvalue weighted by atomic mass is 10.2. The molecular formula is C29H24O10. The minimum absolute atomic E-state index is 0.00634. The summed E-state index contributed by atoms with van der Waals surface area (Å²) in [4.78, 5) is 46.7. The largest absolute Gasteiger partial charge is 0.457 e. The van der Waals surface area contributed by atoms with Crippen molar-refractivity contribution in [1.82, 2.24) is 0 Å². The lowest BCUT2D eigenvalue weighted by Crippen LogP contribution is -2.10. The Balaban J connectivity index is 1.43. The third-order valence-corrected chi connectivity index (χ3v) is 4.87. The normalized spacial score (nSPS) is 9.95. The molecule has 0 aromatic heterocycles. The first-order chi connectivity index (χ1) is 18.9. The quantitative estimate of drug-likeness (QED) is 0.103. The van der Waals surface area contributed by atoms with Crippen molar-refractivity contribution in [2.45, 2.75) is 6.61 Å². The highest BCUT2D eigenvalue weighted by atomic mass is 16.7. The second-order valence-electron chi connectivity index (χ2n) is 7.52. The van der Waals surface area contributed by atoms with Gasteiger partial charge in [-0.2, -0.15) is 0 Å². The number of hydrogen-bond acceptors (Lipinski definition) is 10. The van der Waals surface area contributed by atoms with Crippen molar-refractivity contribution in [3.63, 3.8) is 0 Å². The molecule has 0 aliphatic heterocycles. The summed E-state index contributed by atoms with van der Waals surface area (Å²) in [6.07, 6.45) is 2.05. The molecule has 3 aromatic carbocycles. The van der Waals surface area contributed by atoms with Crippen LogP contribution in [0.5, 0.6) is 17.2 Å².